The molecule has 0 saturated carbocycles. The van der Waals surface area contributed by atoms with Crippen LogP contribution in [0.2, 0.25) is 10.0 Å². The van der Waals surface area contributed by atoms with Crippen LogP contribution in [0.15, 0.2) is 42.5 Å². The Morgan fingerprint density at radius 3 is 2.48 bits per heavy atom. The van der Waals surface area contributed by atoms with Crippen molar-refractivity contribution in [2.75, 3.05) is 0 Å². The summed E-state index contributed by atoms with van der Waals surface area (Å²) in [6, 6.07) is 12.5. The van der Waals surface area contributed by atoms with Gasteiger partial charge in [-0.3, -0.25) is 4.79 Å². The van der Waals surface area contributed by atoms with Crippen molar-refractivity contribution in [3.05, 3.63) is 69.2 Å². The highest BCUT2D eigenvalue weighted by Crippen LogP contribution is 2.35. The third-order valence-electron chi connectivity index (χ3n) is 3.58. The van der Waals surface area contributed by atoms with Crippen LogP contribution >= 0.6 is 34.8 Å². The lowest BCUT2D eigenvalue weighted by atomic mass is 10.1. The summed E-state index contributed by atoms with van der Waals surface area (Å²) in [7, 11) is 0. The molecule has 5 heteroatoms. The molecule has 2 nitrogen and oxygen atoms in total. The standard InChI is InChI=1S/C16H12Cl3NO/c17-11-5-10(6-12(18)8-11)16(21)20-15-13-4-2-1-3-9(13)7-14(15)19/h1-6,8,14-15H,7H2,(H,20,21). The van der Waals surface area contributed by atoms with Gasteiger partial charge in [0.25, 0.3) is 5.91 Å². The Morgan fingerprint density at radius 1 is 1.10 bits per heavy atom. The van der Waals surface area contributed by atoms with Crippen molar-refractivity contribution in [3.8, 4) is 0 Å². The summed E-state index contributed by atoms with van der Waals surface area (Å²) in [6.45, 7) is 0. The monoisotopic (exact) mass is 339 g/mol. The first-order chi connectivity index (χ1) is 10.0. The number of carbonyl (C=O) groups excluding carboxylic acids is 1. The van der Waals surface area contributed by atoms with E-state index < -0.39 is 0 Å². The van der Waals surface area contributed by atoms with Gasteiger partial charge in [-0.05, 0) is 35.7 Å². The topological polar surface area (TPSA) is 29.1 Å². The van der Waals surface area contributed by atoms with E-state index in [1.807, 2.05) is 24.3 Å². The van der Waals surface area contributed by atoms with Crippen molar-refractivity contribution >= 4 is 40.7 Å². The van der Waals surface area contributed by atoms with E-state index >= 15 is 0 Å². The van der Waals surface area contributed by atoms with E-state index in [1.54, 1.807) is 18.2 Å². The van der Waals surface area contributed by atoms with Gasteiger partial charge in [-0.25, -0.2) is 0 Å². The zero-order valence-electron chi connectivity index (χ0n) is 10.9. The smallest absolute Gasteiger partial charge is 0.251 e. The SMILES string of the molecule is O=C(NC1c2ccccc2CC1Cl)c1cc(Cl)cc(Cl)c1. The predicted octanol–water partition coefficient (Wildman–Crippen LogP) is 4.63. The summed E-state index contributed by atoms with van der Waals surface area (Å²) in [5, 5.41) is 3.68. The van der Waals surface area contributed by atoms with Gasteiger partial charge in [-0.1, -0.05) is 47.5 Å². The highest BCUT2D eigenvalue weighted by molar-refractivity contribution is 6.35. The first-order valence-corrected chi connectivity index (χ1v) is 7.72. The Labute approximate surface area is 138 Å². The second-order valence-corrected chi connectivity index (χ2v) is 6.46. The van der Waals surface area contributed by atoms with E-state index in [2.05, 4.69) is 5.32 Å². The van der Waals surface area contributed by atoms with Crippen molar-refractivity contribution in [3.63, 3.8) is 0 Å². The Hall–Kier alpha value is -1.22. The molecule has 1 aliphatic carbocycles. The largest absolute Gasteiger partial charge is 0.344 e. The van der Waals surface area contributed by atoms with Gasteiger partial charge in [0.05, 0.1) is 11.4 Å². The molecule has 1 amide bonds. The molecule has 0 spiro atoms. The molecule has 2 aromatic rings. The zero-order chi connectivity index (χ0) is 15.0. The molecule has 0 aliphatic heterocycles. The minimum atomic E-state index is -0.230. The van der Waals surface area contributed by atoms with Crippen LogP contribution in [-0.2, 0) is 6.42 Å². The summed E-state index contributed by atoms with van der Waals surface area (Å²) in [6.07, 6.45) is 0.749. The van der Waals surface area contributed by atoms with Crippen molar-refractivity contribution in [2.45, 2.75) is 17.8 Å². The number of alkyl halides is 1. The molecule has 0 saturated heterocycles. The first-order valence-electron chi connectivity index (χ1n) is 6.53. The molecule has 2 unspecified atom stereocenters. The Bertz CT molecular complexity index is 681. The third-order valence-corrected chi connectivity index (χ3v) is 4.42. The van der Waals surface area contributed by atoms with Crippen LogP contribution in [0.5, 0.6) is 0 Å². The first kappa shape index (κ1) is 14.7. The van der Waals surface area contributed by atoms with Crippen LogP contribution in [0.4, 0.5) is 0 Å². The second-order valence-electron chi connectivity index (χ2n) is 5.03. The highest BCUT2D eigenvalue weighted by atomic mass is 35.5. The lowest BCUT2D eigenvalue weighted by molar-refractivity contribution is 0.0937. The van der Waals surface area contributed by atoms with Gasteiger partial charge >= 0.3 is 0 Å². The molecule has 0 radical (unpaired) electrons. The molecule has 0 fully saturated rings. The molecule has 21 heavy (non-hydrogen) atoms. The van der Waals surface area contributed by atoms with Gasteiger partial charge in [0.2, 0.25) is 0 Å². The lowest BCUT2D eigenvalue weighted by Crippen LogP contribution is -2.31. The van der Waals surface area contributed by atoms with Crippen molar-refractivity contribution in [1.82, 2.24) is 5.32 Å². The van der Waals surface area contributed by atoms with Gasteiger partial charge < -0.3 is 5.32 Å². The number of nitrogens with one attached hydrogen (secondary N) is 1. The van der Waals surface area contributed by atoms with Crippen LogP contribution in [0.1, 0.15) is 27.5 Å². The van der Waals surface area contributed by atoms with E-state index in [0.717, 1.165) is 12.0 Å². The van der Waals surface area contributed by atoms with Crippen LogP contribution in [0.25, 0.3) is 0 Å². The third kappa shape index (κ3) is 3.03. The molecule has 0 bridgehead atoms. The number of rotatable bonds is 2. The van der Waals surface area contributed by atoms with E-state index in [4.69, 9.17) is 34.8 Å². The molecule has 1 aliphatic rings. The van der Waals surface area contributed by atoms with Crippen LogP contribution in [0, 0.1) is 0 Å². The number of hydrogen-bond donors (Lipinski definition) is 1. The van der Waals surface area contributed by atoms with Crippen LogP contribution in [0.3, 0.4) is 0 Å². The molecule has 2 atom stereocenters. The normalized spacial score (nSPS) is 20.1. The fraction of sp³-hybridized carbons (Fsp3) is 0.188. The average Bonchev–Trinajstić information content (AvgIpc) is 2.74. The minimum absolute atomic E-state index is 0.152. The number of amides is 1. The quantitative estimate of drug-likeness (QED) is 0.794. The lowest BCUT2D eigenvalue weighted by Gasteiger charge is -2.17. The van der Waals surface area contributed by atoms with Crippen LogP contribution in [-0.4, -0.2) is 11.3 Å². The zero-order valence-corrected chi connectivity index (χ0v) is 13.2. The van der Waals surface area contributed by atoms with Gasteiger partial charge in [-0.15, -0.1) is 11.6 Å². The maximum Gasteiger partial charge on any atom is 0.251 e. The maximum absolute atomic E-state index is 12.4. The van der Waals surface area contributed by atoms with Crippen molar-refractivity contribution in [2.24, 2.45) is 0 Å². The van der Waals surface area contributed by atoms with E-state index in [9.17, 15) is 4.79 Å². The summed E-state index contributed by atoms with van der Waals surface area (Å²) in [5.74, 6) is -0.230. The van der Waals surface area contributed by atoms with E-state index in [-0.39, 0.29) is 17.3 Å². The number of hydrogen-bond acceptors (Lipinski definition) is 1. The number of fused-ring (bicyclic) bond motifs is 1. The predicted molar refractivity (Wildman–Crippen MR) is 86.5 cm³/mol. The van der Waals surface area contributed by atoms with Gasteiger partial charge in [0.1, 0.15) is 0 Å². The van der Waals surface area contributed by atoms with Crippen molar-refractivity contribution < 1.29 is 4.79 Å². The Morgan fingerprint density at radius 2 is 1.76 bits per heavy atom. The minimum Gasteiger partial charge on any atom is -0.344 e. The van der Waals surface area contributed by atoms with Gasteiger partial charge in [0.15, 0.2) is 0 Å². The Balaban J connectivity index is 1.85. The number of halogens is 3. The molecular formula is C16H12Cl3NO. The highest BCUT2D eigenvalue weighted by Gasteiger charge is 2.32. The maximum atomic E-state index is 12.4. The number of carbonyl (C=O) groups is 1. The van der Waals surface area contributed by atoms with Gasteiger partial charge in [-0.2, -0.15) is 0 Å². The average molecular weight is 341 g/mol. The molecule has 3 rings (SSSR count). The van der Waals surface area contributed by atoms with E-state index in [1.165, 1.54) is 5.56 Å². The van der Waals surface area contributed by atoms with E-state index in [0.29, 0.717) is 15.6 Å². The fourth-order valence-corrected chi connectivity index (χ4v) is 3.51. The summed E-state index contributed by atoms with van der Waals surface area (Å²) < 4.78 is 0. The molecule has 108 valence electrons. The Kier molecular flexibility index (Phi) is 4.12. The molecule has 0 heterocycles. The molecular weight excluding hydrogens is 329 g/mol. The summed E-state index contributed by atoms with van der Waals surface area (Å²) in [5.41, 5.74) is 2.67. The fourth-order valence-electron chi connectivity index (χ4n) is 2.62. The number of benzene rings is 2. The summed E-state index contributed by atoms with van der Waals surface area (Å²) >= 11 is 18.2. The summed E-state index contributed by atoms with van der Waals surface area (Å²) in [4.78, 5) is 12.4. The second kappa shape index (κ2) is 5.88. The van der Waals surface area contributed by atoms with Crippen molar-refractivity contribution in [1.29, 1.82) is 0 Å². The van der Waals surface area contributed by atoms with Gasteiger partial charge in [0, 0.05) is 15.6 Å². The molecule has 2 aromatic carbocycles. The molecule has 1 N–H and O–H groups in total. The molecule has 0 aromatic heterocycles. The van der Waals surface area contributed by atoms with Crippen LogP contribution < -0.4 is 5.32 Å².